The monoisotopic (exact) mass is 460 g/mol. The van der Waals surface area contributed by atoms with Crippen molar-refractivity contribution in [2.75, 3.05) is 11.9 Å². The van der Waals surface area contributed by atoms with Crippen LogP contribution >= 0.6 is 0 Å². The van der Waals surface area contributed by atoms with Crippen LogP contribution in [0.15, 0.2) is 54.6 Å². The average molecular weight is 460 g/mol. The number of ether oxygens (including phenoxy) is 1. The third kappa shape index (κ3) is 4.12. The molecule has 1 heterocycles. The number of nitrogens with one attached hydrogen (secondary N) is 2. The molecule has 5 rings (SSSR count). The fraction of sp³-hybridized carbons (Fsp3) is 0.280. The Morgan fingerprint density at radius 2 is 1.71 bits per heavy atom. The van der Waals surface area contributed by atoms with Gasteiger partial charge in [-0.3, -0.25) is 14.8 Å². The van der Waals surface area contributed by atoms with Crippen molar-refractivity contribution in [2.45, 2.75) is 24.8 Å². The smallest absolute Gasteiger partial charge is 0.412 e. The number of aliphatic carboxylic acids is 1. The van der Waals surface area contributed by atoms with Gasteiger partial charge in [-0.2, -0.15) is 5.10 Å². The summed E-state index contributed by atoms with van der Waals surface area (Å²) < 4.78 is 6.80. The first-order valence-electron chi connectivity index (χ1n) is 11.1. The van der Waals surface area contributed by atoms with Gasteiger partial charge in [0.25, 0.3) is 5.91 Å². The van der Waals surface area contributed by atoms with Crippen LogP contribution in [0.2, 0.25) is 0 Å². The van der Waals surface area contributed by atoms with E-state index in [1.165, 1.54) is 10.7 Å². The predicted octanol–water partition coefficient (Wildman–Crippen LogP) is 3.37. The Morgan fingerprint density at radius 1 is 1.09 bits per heavy atom. The number of aromatic nitrogens is 2. The second-order valence-electron chi connectivity index (χ2n) is 8.62. The van der Waals surface area contributed by atoms with E-state index in [1.807, 2.05) is 36.4 Å². The van der Waals surface area contributed by atoms with Crippen LogP contribution < -0.4 is 10.6 Å². The summed E-state index contributed by atoms with van der Waals surface area (Å²) in [6.45, 7) is 0.154. The molecule has 2 aliphatic rings. The number of aryl methyl sites for hydroxylation is 1. The Bertz CT molecular complexity index is 1230. The summed E-state index contributed by atoms with van der Waals surface area (Å²) in [5.74, 6) is -1.60. The molecule has 1 fully saturated rings. The highest BCUT2D eigenvalue weighted by Gasteiger charge is 2.38. The molecule has 0 aliphatic heterocycles. The Balaban J connectivity index is 1.23. The number of carbonyl (C=O) groups excluding carboxylic acids is 2. The molecule has 0 radical (unpaired) electrons. The number of hydrogen-bond donors (Lipinski definition) is 3. The lowest BCUT2D eigenvalue weighted by Gasteiger charge is -2.14. The van der Waals surface area contributed by atoms with Crippen molar-refractivity contribution in [3.8, 4) is 11.1 Å². The Kier molecular flexibility index (Phi) is 5.53. The number of hydrogen-bond acceptors (Lipinski definition) is 5. The summed E-state index contributed by atoms with van der Waals surface area (Å²) >= 11 is 0. The van der Waals surface area contributed by atoms with Gasteiger partial charge < -0.3 is 15.2 Å². The van der Waals surface area contributed by atoms with Crippen LogP contribution in [0.5, 0.6) is 0 Å². The molecule has 2 aromatic carbocycles. The number of rotatable bonds is 7. The number of nitrogens with zero attached hydrogens (tertiary/aromatic N) is 2. The van der Waals surface area contributed by atoms with Gasteiger partial charge >= 0.3 is 12.1 Å². The Morgan fingerprint density at radius 3 is 2.29 bits per heavy atom. The molecule has 1 aromatic heterocycles. The number of fused-ring (bicyclic) bond motifs is 3. The van der Waals surface area contributed by atoms with Gasteiger partial charge in [0.2, 0.25) is 0 Å². The standard InChI is InChI=1S/C25H24N4O5/c1-29-20(23(30)27-22(24(31)32)14-10-11-14)12-21(28-29)26-25(33)34-13-19-17-8-4-2-6-15(17)16-7-3-5-9-18(16)19/h2-9,12,14,19,22H,10-11,13H2,1H3,(H,27,30)(H,31,32)(H,26,28,33). The van der Waals surface area contributed by atoms with Gasteiger partial charge in [0.1, 0.15) is 18.3 Å². The molecule has 0 saturated heterocycles. The largest absolute Gasteiger partial charge is 0.480 e. The van der Waals surface area contributed by atoms with E-state index in [2.05, 4.69) is 27.9 Å². The van der Waals surface area contributed by atoms with Crippen molar-refractivity contribution in [1.29, 1.82) is 0 Å². The summed E-state index contributed by atoms with van der Waals surface area (Å²) in [4.78, 5) is 36.5. The SMILES string of the molecule is Cn1nc(NC(=O)OCC2c3ccccc3-c3ccccc32)cc1C(=O)NC(C(=O)O)C1CC1. The van der Waals surface area contributed by atoms with E-state index in [9.17, 15) is 19.5 Å². The van der Waals surface area contributed by atoms with Gasteiger partial charge in [-0.05, 0) is 41.0 Å². The molecule has 174 valence electrons. The van der Waals surface area contributed by atoms with Crippen molar-refractivity contribution in [2.24, 2.45) is 13.0 Å². The van der Waals surface area contributed by atoms with E-state index in [4.69, 9.17) is 4.74 Å². The first-order chi connectivity index (χ1) is 16.4. The number of anilines is 1. The minimum atomic E-state index is -1.06. The normalized spacial score (nSPS) is 15.2. The third-order valence-electron chi connectivity index (χ3n) is 6.33. The van der Waals surface area contributed by atoms with Gasteiger partial charge in [-0.1, -0.05) is 48.5 Å². The zero-order chi connectivity index (χ0) is 23.8. The number of carboxylic acid groups (broad SMARTS) is 1. The molecule has 0 spiro atoms. The van der Waals surface area contributed by atoms with E-state index in [0.717, 1.165) is 35.1 Å². The zero-order valence-corrected chi connectivity index (χ0v) is 18.5. The lowest BCUT2D eigenvalue weighted by molar-refractivity contribution is -0.139. The van der Waals surface area contributed by atoms with Gasteiger partial charge in [0.15, 0.2) is 5.82 Å². The maximum absolute atomic E-state index is 12.6. The lowest BCUT2D eigenvalue weighted by Crippen LogP contribution is -2.42. The Labute approximate surface area is 195 Å². The van der Waals surface area contributed by atoms with Crippen LogP contribution in [0, 0.1) is 5.92 Å². The third-order valence-corrected chi connectivity index (χ3v) is 6.33. The van der Waals surface area contributed by atoms with Crippen LogP contribution in [-0.4, -0.2) is 45.5 Å². The fourth-order valence-electron chi connectivity index (χ4n) is 4.51. The molecular weight excluding hydrogens is 436 g/mol. The molecular formula is C25H24N4O5. The summed E-state index contributed by atoms with van der Waals surface area (Å²) in [7, 11) is 1.55. The van der Waals surface area contributed by atoms with Gasteiger partial charge in [0, 0.05) is 19.0 Å². The van der Waals surface area contributed by atoms with Crippen molar-refractivity contribution >= 4 is 23.8 Å². The molecule has 9 nitrogen and oxygen atoms in total. The van der Waals surface area contributed by atoms with E-state index >= 15 is 0 Å². The Hall–Kier alpha value is -4.14. The van der Waals surface area contributed by atoms with E-state index in [0.29, 0.717) is 0 Å². The first kappa shape index (κ1) is 21.7. The average Bonchev–Trinajstić information content (AvgIpc) is 3.52. The van der Waals surface area contributed by atoms with Crippen LogP contribution in [0.4, 0.5) is 10.6 Å². The van der Waals surface area contributed by atoms with Crippen molar-refractivity contribution < 1.29 is 24.2 Å². The number of carbonyl (C=O) groups is 3. The summed E-state index contributed by atoms with van der Waals surface area (Å²) in [5.41, 5.74) is 4.63. The molecule has 2 amide bonds. The minimum Gasteiger partial charge on any atom is -0.480 e. The summed E-state index contributed by atoms with van der Waals surface area (Å²) in [6, 6.07) is 16.6. The van der Waals surface area contributed by atoms with Crippen molar-refractivity contribution in [1.82, 2.24) is 15.1 Å². The fourth-order valence-corrected chi connectivity index (χ4v) is 4.51. The maximum atomic E-state index is 12.6. The minimum absolute atomic E-state index is 0.0481. The molecule has 1 atom stereocenters. The van der Waals surface area contributed by atoms with E-state index in [1.54, 1.807) is 7.05 Å². The zero-order valence-electron chi connectivity index (χ0n) is 18.5. The number of amides is 2. The topological polar surface area (TPSA) is 123 Å². The van der Waals surface area contributed by atoms with Crippen LogP contribution in [0.3, 0.4) is 0 Å². The maximum Gasteiger partial charge on any atom is 0.412 e. The van der Waals surface area contributed by atoms with Crippen LogP contribution in [-0.2, 0) is 16.6 Å². The molecule has 3 aromatic rings. The van der Waals surface area contributed by atoms with Crippen molar-refractivity contribution in [3.63, 3.8) is 0 Å². The highest BCUT2D eigenvalue weighted by atomic mass is 16.5. The van der Waals surface area contributed by atoms with Crippen molar-refractivity contribution in [3.05, 3.63) is 71.4 Å². The lowest BCUT2D eigenvalue weighted by atomic mass is 9.98. The van der Waals surface area contributed by atoms with E-state index < -0.39 is 24.0 Å². The second kappa shape index (κ2) is 8.66. The quantitative estimate of drug-likeness (QED) is 0.497. The molecule has 2 aliphatic carbocycles. The number of benzene rings is 2. The summed E-state index contributed by atoms with van der Waals surface area (Å²) in [6.07, 6.45) is 0.863. The van der Waals surface area contributed by atoms with Gasteiger partial charge in [-0.25, -0.2) is 9.59 Å². The molecule has 9 heteroatoms. The highest BCUT2D eigenvalue weighted by Crippen LogP contribution is 2.44. The van der Waals surface area contributed by atoms with Crippen LogP contribution in [0.1, 0.15) is 40.4 Å². The number of carboxylic acids is 1. The second-order valence-corrected chi connectivity index (χ2v) is 8.62. The molecule has 3 N–H and O–H groups in total. The van der Waals surface area contributed by atoms with E-state index in [-0.39, 0.29) is 30.0 Å². The molecule has 34 heavy (non-hydrogen) atoms. The predicted molar refractivity (Wildman–Crippen MR) is 124 cm³/mol. The molecule has 1 saturated carbocycles. The first-order valence-corrected chi connectivity index (χ1v) is 11.1. The summed E-state index contributed by atoms with van der Waals surface area (Å²) in [5, 5.41) is 18.6. The molecule has 1 unspecified atom stereocenters. The molecule has 0 bridgehead atoms. The van der Waals surface area contributed by atoms with Crippen LogP contribution in [0.25, 0.3) is 11.1 Å². The van der Waals surface area contributed by atoms with Gasteiger partial charge in [-0.15, -0.1) is 0 Å². The van der Waals surface area contributed by atoms with Gasteiger partial charge in [0.05, 0.1) is 0 Å². The highest BCUT2D eigenvalue weighted by molar-refractivity contribution is 5.96.